The highest BCUT2D eigenvalue weighted by atomic mass is 79.9. The number of carboxylic acids is 1. The molecule has 0 atom stereocenters. The number of amides is 5. The first-order valence-corrected chi connectivity index (χ1v) is 40.4. The van der Waals surface area contributed by atoms with Gasteiger partial charge < -0.3 is 79.4 Å². The standard InChI is InChI=1S/C22H22BrF2N3O4.C17H21BrN2O5.C16H18BrClN2O4.C16H19BrN2O5.C6H5F2N/c1-22(6-9-32-10-7-22)27-21(31)19(29)18-17(23)16(15-3-2-8-28(15)18)20(30)26-12-4-5-13(24)14(25)11-12;1-17(5-8-25-9-6-17)19-15(22)14(21)13-12(18)11(16(23)24-2)10-4-3-7-20(10)13;1-16(4-7-24-8-5-16)19-15(23)13(21)12-11(17)10(14(18)22)9-3-2-6-20(9)12;1-16(4-7-24-8-5-16)18-14(21)13(20)12-11(17)10(15(22)23)9-3-2-6-19(9)12;7-5-2-1-4(9)3-6(5)8/h4-5,11H,2-3,6-10H2,1H3,(H,26,30)(H,27,31);3-9H2,1-2H3,(H,19,22);2-8H2,1H3,(H,19,23);2-8H2,1H3,(H,18,21)(H,22,23);1-3H,9H2. The fourth-order valence-corrected chi connectivity index (χ4v) is 18.3. The Labute approximate surface area is 690 Å². The van der Waals surface area contributed by atoms with E-state index < -0.39 is 115 Å². The number of nitrogens with zero attached hydrogens (tertiary/aromatic N) is 4. The van der Waals surface area contributed by atoms with E-state index in [9.17, 15) is 80.2 Å². The molecule has 8 aliphatic heterocycles. The van der Waals surface area contributed by atoms with Crippen LogP contribution in [0.3, 0.4) is 0 Å². The molecule has 0 saturated carbocycles. The lowest BCUT2D eigenvalue weighted by Crippen LogP contribution is -2.51. The predicted octanol–water partition coefficient (Wildman–Crippen LogP) is 11.2. The van der Waals surface area contributed by atoms with Crippen molar-refractivity contribution in [2.24, 2.45) is 0 Å². The third-order valence-corrected chi connectivity index (χ3v) is 24.6. The summed E-state index contributed by atoms with van der Waals surface area (Å²) in [7, 11) is 1.30. The van der Waals surface area contributed by atoms with Gasteiger partial charge in [0, 0.05) is 141 Å². The Bertz CT molecular complexity index is 4720. The second-order valence-corrected chi connectivity index (χ2v) is 33.1. The van der Waals surface area contributed by atoms with Gasteiger partial charge in [-0.25, -0.2) is 27.2 Å². The number of nitrogens with two attached hydrogens (primary N) is 1. The predicted molar refractivity (Wildman–Crippen MR) is 419 cm³/mol. The van der Waals surface area contributed by atoms with Crippen LogP contribution < -0.4 is 32.3 Å². The number of methoxy groups -OCH3 is 1. The summed E-state index contributed by atoms with van der Waals surface area (Å²) in [5, 5.41) is 22.6. The molecule has 4 saturated heterocycles. The number of carbonyl (C=O) groups is 12. The minimum atomic E-state index is -1.09. The number of esters is 1. The summed E-state index contributed by atoms with van der Waals surface area (Å²) in [6.07, 6.45) is 10.7. The van der Waals surface area contributed by atoms with Crippen LogP contribution in [0.2, 0.25) is 0 Å². The largest absolute Gasteiger partial charge is 0.478 e. The van der Waals surface area contributed by atoms with Crippen LogP contribution in [0.15, 0.2) is 54.3 Å². The van der Waals surface area contributed by atoms with E-state index in [1.807, 2.05) is 27.7 Å². The quantitative estimate of drug-likeness (QED) is 0.0111. The SMILES string of the molecule is CC1(NC(=O)C(=O)c2c(Br)c(C(=O)Cl)c3n2CCC3)CCOCC1.CC1(NC(=O)C(=O)c2c(Br)c(C(=O)Nc3ccc(F)c(F)c3)c3n2CCC3)CCOCC1.CC1(NC(=O)C(=O)c2c(Br)c(C(=O)O)c3n2CCC3)CCOCC1.COC(=O)c1c(Br)c(C(=O)C(=O)NC2(C)CCOCC2)n2c1CCC2.Nc1ccc(F)c(F)c1. The van der Waals surface area contributed by atoms with Gasteiger partial charge in [-0.15, -0.1) is 0 Å². The fourth-order valence-electron chi connectivity index (χ4n) is 14.8. The Balaban J connectivity index is 0.000000156. The van der Waals surface area contributed by atoms with Gasteiger partial charge in [0.15, 0.2) is 23.3 Å². The van der Waals surface area contributed by atoms with Crippen LogP contribution in [-0.2, 0) is 94.7 Å². The number of aromatic nitrogens is 4. The number of nitrogen functional groups attached to an aromatic ring is 1. The lowest BCUT2D eigenvalue weighted by atomic mass is 9.92. The maximum atomic E-state index is 13.5. The molecule has 2 aromatic carbocycles. The van der Waals surface area contributed by atoms with Gasteiger partial charge in [-0.05, 0) is 236 Å². The lowest BCUT2D eigenvalue weighted by molar-refractivity contribution is -0.120. The van der Waals surface area contributed by atoms with E-state index in [0.717, 1.165) is 54.9 Å². The highest BCUT2D eigenvalue weighted by Crippen LogP contribution is 2.40. The number of ketones is 4. The molecule has 28 nitrogen and oxygen atoms in total. The molecule has 0 aliphatic carbocycles. The number of hydrogen-bond donors (Lipinski definition) is 7. The summed E-state index contributed by atoms with van der Waals surface area (Å²) in [5.41, 5.74) is 7.79. The van der Waals surface area contributed by atoms with Crippen LogP contribution in [0.5, 0.6) is 0 Å². The molecule has 0 radical (unpaired) electrons. The zero-order chi connectivity index (χ0) is 83.1. The van der Waals surface area contributed by atoms with Crippen molar-refractivity contribution in [2.45, 2.75) is 179 Å². The smallest absolute Gasteiger partial charge is 0.340 e. The van der Waals surface area contributed by atoms with Gasteiger partial charge in [-0.3, -0.25) is 47.9 Å². The number of benzene rings is 2. The summed E-state index contributed by atoms with van der Waals surface area (Å²) >= 11 is 18.8. The van der Waals surface area contributed by atoms with E-state index in [2.05, 4.69) is 90.3 Å². The van der Waals surface area contributed by atoms with Crippen molar-refractivity contribution in [3.63, 3.8) is 0 Å². The van der Waals surface area contributed by atoms with E-state index in [1.54, 1.807) is 18.3 Å². The van der Waals surface area contributed by atoms with Crippen molar-refractivity contribution < 1.29 is 104 Å². The number of carboxylic acid groups (broad SMARTS) is 1. The number of nitrogens with one attached hydrogen (secondary N) is 5. The maximum Gasteiger partial charge on any atom is 0.340 e. The number of carbonyl (C=O) groups excluding carboxylic acids is 11. The molecular formula is C77H85Br4ClF4N10O18. The summed E-state index contributed by atoms with van der Waals surface area (Å²) in [6, 6.07) is 6.28. The number of halogens is 9. The number of ether oxygens (including phenoxy) is 5. The van der Waals surface area contributed by atoms with Crippen LogP contribution >= 0.6 is 75.3 Å². The van der Waals surface area contributed by atoms with E-state index in [-0.39, 0.29) is 54.2 Å². The highest BCUT2D eigenvalue weighted by Gasteiger charge is 2.43. The van der Waals surface area contributed by atoms with Crippen LogP contribution in [0.4, 0.5) is 28.9 Å². The molecule has 0 bridgehead atoms. The third-order valence-electron chi connectivity index (χ3n) is 21.3. The Morgan fingerprint density at radius 1 is 0.439 bits per heavy atom. The Kier molecular flexibility index (Phi) is 28.9. The zero-order valence-corrected chi connectivity index (χ0v) is 70.0. The molecule has 5 amide bonds. The number of hydrogen-bond acceptors (Lipinski definition) is 18. The van der Waals surface area contributed by atoms with Gasteiger partial charge in [0.25, 0.3) is 57.9 Å². The van der Waals surface area contributed by atoms with Gasteiger partial charge >= 0.3 is 11.9 Å². The van der Waals surface area contributed by atoms with Crippen LogP contribution in [-0.4, -0.2) is 175 Å². The van der Waals surface area contributed by atoms with Crippen LogP contribution in [0, 0.1) is 23.3 Å². The molecule has 114 heavy (non-hydrogen) atoms. The molecule has 0 spiro atoms. The molecule has 614 valence electrons. The lowest BCUT2D eigenvalue weighted by Gasteiger charge is -2.34. The molecule has 0 unspecified atom stereocenters. The van der Waals surface area contributed by atoms with Gasteiger partial charge in [-0.1, -0.05) is 0 Å². The molecule has 37 heteroatoms. The number of aromatic carboxylic acids is 1. The first-order valence-electron chi connectivity index (χ1n) is 36.9. The Morgan fingerprint density at radius 2 is 0.728 bits per heavy atom. The van der Waals surface area contributed by atoms with Crippen molar-refractivity contribution in [3.8, 4) is 0 Å². The fraction of sp³-hybridized carbons (Fsp3) is 0.481. The summed E-state index contributed by atoms with van der Waals surface area (Å²) in [4.78, 5) is 150. The summed E-state index contributed by atoms with van der Waals surface area (Å²) in [6.45, 7) is 14.1. The summed E-state index contributed by atoms with van der Waals surface area (Å²) in [5.74, 6) is -11.6. The van der Waals surface area contributed by atoms with E-state index in [0.29, 0.717) is 194 Å². The first-order chi connectivity index (χ1) is 54.0. The number of fused-ring (bicyclic) bond motifs is 4. The first kappa shape index (κ1) is 88.1. The monoisotopic (exact) mass is 1860 g/mol. The maximum absolute atomic E-state index is 13.5. The Hall–Kier alpha value is -8.23. The molecule has 6 aromatic rings. The minimum absolute atomic E-state index is 0.0804. The van der Waals surface area contributed by atoms with Crippen LogP contribution in [0.1, 0.15) is 211 Å². The molecule has 4 aromatic heterocycles. The molecule has 8 N–H and O–H groups in total. The molecular weight excluding hydrogens is 1780 g/mol. The third kappa shape index (κ3) is 19.7. The Morgan fingerprint density at radius 3 is 1.04 bits per heavy atom. The van der Waals surface area contributed by atoms with Crippen molar-refractivity contribution in [1.82, 2.24) is 39.5 Å². The zero-order valence-electron chi connectivity index (χ0n) is 62.9. The van der Waals surface area contributed by atoms with E-state index >= 15 is 0 Å². The second-order valence-electron chi connectivity index (χ2n) is 29.6. The van der Waals surface area contributed by atoms with E-state index in [1.165, 1.54) is 19.2 Å². The average molecular weight is 1870 g/mol. The summed E-state index contributed by atoms with van der Waals surface area (Å²) < 4.78 is 84.8. The number of rotatable bonds is 17. The van der Waals surface area contributed by atoms with Gasteiger partial charge in [-0.2, -0.15) is 0 Å². The van der Waals surface area contributed by atoms with Crippen molar-refractivity contribution in [3.05, 3.63) is 145 Å². The van der Waals surface area contributed by atoms with Gasteiger partial charge in [0.1, 0.15) is 22.8 Å². The van der Waals surface area contributed by atoms with Crippen LogP contribution in [0.25, 0.3) is 0 Å². The van der Waals surface area contributed by atoms with Gasteiger partial charge in [0.2, 0.25) is 0 Å². The minimum Gasteiger partial charge on any atom is -0.478 e. The highest BCUT2D eigenvalue weighted by molar-refractivity contribution is 9.11. The average Bonchev–Trinajstić information content (AvgIpc) is 1.61. The van der Waals surface area contributed by atoms with E-state index in [4.69, 9.17) is 41.0 Å². The van der Waals surface area contributed by atoms with Crippen molar-refractivity contribution >= 4 is 157 Å². The molecule has 8 aliphatic rings. The molecule has 12 heterocycles. The van der Waals surface area contributed by atoms with Gasteiger partial charge in [0.05, 0.1) is 47.3 Å². The van der Waals surface area contributed by atoms with Crippen molar-refractivity contribution in [2.75, 3.05) is 71.0 Å². The number of anilines is 2. The number of Topliss-reactive ketones (excluding diaryl/α,β-unsaturated/α-hetero) is 4. The molecule has 4 fully saturated rings. The normalized spacial score (nSPS) is 17.6. The van der Waals surface area contributed by atoms with Crippen molar-refractivity contribution in [1.29, 1.82) is 0 Å². The topological polar surface area (TPSA) is 377 Å². The second kappa shape index (κ2) is 37.4. The molecule has 14 rings (SSSR count).